The summed E-state index contributed by atoms with van der Waals surface area (Å²) in [6, 6.07) is 22.6. The molecular formula is C59H72N12O9S. The number of carbonyl (C=O) groups excluding carboxylic acids is 4. The largest absolute Gasteiger partial charge is 0.391 e. The molecule has 1 saturated heterocycles. The van der Waals surface area contributed by atoms with Gasteiger partial charge in [0.25, 0.3) is 0 Å². The molecule has 1 aliphatic carbocycles. The van der Waals surface area contributed by atoms with Crippen LogP contribution in [-0.2, 0) is 55.3 Å². The molecule has 1 saturated carbocycles. The molecule has 2 fully saturated rings. The standard InChI is InChI=1S/C59H72N12O9S/c1-39-54(81-38-64-39)44-9-6-40(7-10-44)30-62-56(75)50-28-49(72)36-70(50)57(76)55(59(2,3)4)67-52(73)37-80-27-26-79-25-24-78-23-22-69-34-42(33-65-69)32-63-58(77)71(47-16-11-43(12-17-47)45-13-21-53(74)68(5)35-45)48-18-14-46(15-19-48)66-51-20-8-41(29-60)31-61-51/h6-13,16-17,20-21,31,33-35,38,46,48-50,55,72H,14-15,18-19,22-28,30,32,36-37H2,1-5H3,(H,61,66)(H,62,75)(H,63,77)(H,67,73)/t46-,48-,49-,50+,55-/m1/s1. The molecule has 0 bridgehead atoms. The van der Waals surface area contributed by atoms with Crippen LogP contribution in [0.3, 0.4) is 0 Å². The minimum absolute atomic E-state index is 0.0314. The third-order valence-electron chi connectivity index (χ3n) is 14.4. The van der Waals surface area contributed by atoms with E-state index < -0.39 is 35.4 Å². The van der Waals surface area contributed by atoms with Crippen molar-refractivity contribution in [2.45, 2.75) is 110 Å². The summed E-state index contributed by atoms with van der Waals surface area (Å²) in [4.78, 5) is 79.7. The van der Waals surface area contributed by atoms with Crippen molar-refractivity contribution in [3.05, 3.63) is 136 Å². The van der Waals surface area contributed by atoms with Crippen LogP contribution in [0.5, 0.6) is 0 Å². The zero-order valence-corrected chi connectivity index (χ0v) is 47.3. The Morgan fingerprint density at radius 3 is 2.19 bits per heavy atom. The van der Waals surface area contributed by atoms with E-state index in [0.29, 0.717) is 37.7 Å². The first-order valence-corrected chi connectivity index (χ1v) is 28.2. The van der Waals surface area contributed by atoms with Crippen molar-refractivity contribution in [1.82, 2.24) is 45.2 Å². The minimum atomic E-state index is -0.987. The maximum atomic E-state index is 14.1. The number of rotatable bonds is 24. The number of nitriles is 1. The van der Waals surface area contributed by atoms with E-state index in [9.17, 15) is 29.1 Å². The van der Waals surface area contributed by atoms with Gasteiger partial charge in [-0.2, -0.15) is 10.4 Å². The molecule has 3 atom stereocenters. The molecule has 81 heavy (non-hydrogen) atoms. The predicted molar refractivity (Wildman–Crippen MR) is 307 cm³/mol. The molecule has 2 aliphatic rings. The Labute approximate surface area is 475 Å². The van der Waals surface area contributed by atoms with E-state index in [1.807, 2.05) is 98.9 Å². The Hall–Kier alpha value is -7.81. The number of hydrogen-bond acceptors (Lipinski definition) is 15. The number of benzene rings is 2. The molecule has 428 valence electrons. The molecule has 5 heterocycles. The molecule has 0 unspecified atom stereocenters. The van der Waals surface area contributed by atoms with E-state index in [-0.39, 0.29) is 75.5 Å². The highest BCUT2D eigenvalue weighted by molar-refractivity contribution is 7.13. The van der Waals surface area contributed by atoms with Crippen molar-refractivity contribution < 1.29 is 38.5 Å². The number of pyridine rings is 2. The molecule has 8 rings (SSSR count). The number of aryl methyl sites for hydroxylation is 2. The number of aromatic nitrogens is 5. The van der Waals surface area contributed by atoms with Gasteiger partial charge < -0.3 is 50.1 Å². The summed E-state index contributed by atoms with van der Waals surface area (Å²) in [7, 11) is 1.72. The van der Waals surface area contributed by atoms with Crippen LogP contribution in [0, 0.1) is 23.7 Å². The lowest BCUT2D eigenvalue weighted by Gasteiger charge is -2.37. The Morgan fingerprint density at radius 2 is 1.52 bits per heavy atom. The van der Waals surface area contributed by atoms with Gasteiger partial charge in [-0.15, -0.1) is 11.3 Å². The smallest absolute Gasteiger partial charge is 0.322 e. The summed E-state index contributed by atoms with van der Waals surface area (Å²) in [6.45, 7) is 9.39. The third-order valence-corrected chi connectivity index (χ3v) is 15.4. The third kappa shape index (κ3) is 16.4. The molecule has 6 aromatic rings. The summed E-state index contributed by atoms with van der Waals surface area (Å²) in [5.74, 6) is -0.630. The molecule has 0 spiro atoms. The topological polar surface area (TPSA) is 260 Å². The van der Waals surface area contributed by atoms with E-state index in [0.717, 1.165) is 69.8 Å². The van der Waals surface area contributed by atoms with Crippen molar-refractivity contribution in [2.75, 3.05) is 56.4 Å². The Morgan fingerprint density at radius 1 is 0.827 bits per heavy atom. The van der Waals surface area contributed by atoms with Gasteiger partial charge in [-0.3, -0.25) is 28.8 Å². The zero-order valence-electron chi connectivity index (χ0n) is 46.5. The second-order valence-electron chi connectivity index (χ2n) is 21.5. The molecule has 22 heteroatoms. The maximum Gasteiger partial charge on any atom is 0.322 e. The number of aliphatic hydroxyl groups is 1. The Balaban J connectivity index is 0.725. The SMILES string of the molecule is Cc1ncsc1-c1ccc(CNC(=O)[C@@H]2C[C@@H](O)CN2C(=O)[C@@H](NC(=O)COCCOCCOCCn2cc(CNC(=O)N(c3ccc(-c4ccc(=O)n(C)c4)cc3)[C@H]3CC[C@H](Nc4ccc(C#N)cn4)CC3)cn2)C(C)(C)C)cc1. The molecular weight excluding hydrogens is 1050 g/mol. The average molecular weight is 1130 g/mol. The second kappa shape index (κ2) is 28.1. The fourth-order valence-electron chi connectivity index (χ4n) is 9.93. The Kier molecular flexibility index (Phi) is 20.5. The van der Waals surface area contributed by atoms with Gasteiger partial charge in [0, 0.05) is 81.1 Å². The summed E-state index contributed by atoms with van der Waals surface area (Å²) in [5.41, 5.74) is 7.77. The van der Waals surface area contributed by atoms with Crippen LogP contribution in [0.4, 0.5) is 16.3 Å². The summed E-state index contributed by atoms with van der Waals surface area (Å²) in [5, 5.41) is 36.5. The predicted octanol–water partition coefficient (Wildman–Crippen LogP) is 5.95. The van der Waals surface area contributed by atoms with Crippen LogP contribution in [0.2, 0.25) is 0 Å². The highest BCUT2D eigenvalue weighted by Crippen LogP contribution is 2.32. The van der Waals surface area contributed by atoms with E-state index >= 15 is 0 Å². The first kappa shape index (κ1) is 59.3. The van der Waals surface area contributed by atoms with E-state index in [1.54, 1.807) is 53.8 Å². The van der Waals surface area contributed by atoms with Crippen LogP contribution >= 0.6 is 11.3 Å². The van der Waals surface area contributed by atoms with E-state index in [4.69, 9.17) is 19.5 Å². The maximum absolute atomic E-state index is 14.1. The molecule has 5 amide bonds. The number of anilines is 2. The van der Waals surface area contributed by atoms with Crippen LogP contribution < -0.4 is 31.7 Å². The fourth-order valence-corrected chi connectivity index (χ4v) is 10.7. The van der Waals surface area contributed by atoms with E-state index in [2.05, 4.69) is 42.4 Å². The van der Waals surface area contributed by atoms with Gasteiger partial charge in [0.2, 0.25) is 23.3 Å². The van der Waals surface area contributed by atoms with Crippen molar-refractivity contribution in [3.8, 4) is 27.6 Å². The lowest BCUT2D eigenvalue weighted by atomic mass is 9.85. The average Bonchev–Trinajstić information content (AvgIpc) is 4.27. The highest BCUT2D eigenvalue weighted by Gasteiger charge is 2.44. The Bertz CT molecular complexity index is 3160. The number of nitrogens with one attached hydrogen (secondary N) is 4. The van der Waals surface area contributed by atoms with Crippen molar-refractivity contribution in [3.63, 3.8) is 0 Å². The number of aliphatic hydroxyl groups excluding tert-OH is 1. The van der Waals surface area contributed by atoms with E-state index in [1.165, 1.54) is 15.5 Å². The monoisotopic (exact) mass is 1120 g/mol. The number of carbonyl (C=O) groups is 4. The van der Waals surface area contributed by atoms with Gasteiger partial charge in [-0.1, -0.05) is 57.2 Å². The molecule has 1 aliphatic heterocycles. The van der Waals surface area contributed by atoms with Gasteiger partial charge in [0.1, 0.15) is 30.6 Å². The second-order valence-corrected chi connectivity index (χ2v) is 22.3. The summed E-state index contributed by atoms with van der Waals surface area (Å²) < 4.78 is 20.3. The van der Waals surface area contributed by atoms with Crippen LogP contribution in [0.15, 0.2) is 108 Å². The number of thiazole rings is 1. The molecule has 0 radical (unpaired) electrons. The first-order valence-electron chi connectivity index (χ1n) is 27.3. The number of amides is 5. The van der Waals surface area contributed by atoms with Crippen LogP contribution in [0.1, 0.15) is 75.3 Å². The van der Waals surface area contributed by atoms with Crippen molar-refractivity contribution >= 4 is 46.6 Å². The van der Waals surface area contributed by atoms with Gasteiger partial charge in [-0.05, 0) is 90.6 Å². The number of hydrogen-bond donors (Lipinski definition) is 5. The molecule has 21 nitrogen and oxygen atoms in total. The lowest BCUT2D eigenvalue weighted by Crippen LogP contribution is -2.58. The number of ether oxygens (including phenoxy) is 3. The fraction of sp³-hybridized carbons (Fsp3) is 0.441. The van der Waals surface area contributed by atoms with Crippen LogP contribution in [-0.4, -0.2) is 135 Å². The molecule has 5 N–H and O–H groups in total. The number of β-amino-alcohol motifs (C(OH)–C–C–N with tert-alkyl or cyclic N) is 1. The number of urea groups is 1. The molecule has 2 aromatic carbocycles. The van der Waals surface area contributed by atoms with Crippen molar-refractivity contribution in [2.24, 2.45) is 12.5 Å². The van der Waals surface area contributed by atoms with Gasteiger partial charge >= 0.3 is 6.03 Å². The number of nitrogens with zero attached hydrogens (tertiary/aromatic N) is 8. The first-order chi connectivity index (χ1) is 39.0. The lowest BCUT2D eigenvalue weighted by molar-refractivity contribution is -0.144. The highest BCUT2D eigenvalue weighted by atomic mass is 32.1. The van der Waals surface area contributed by atoms with Crippen molar-refractivity contribution in [1.29, 1.82) is 5.26 Å². The zero-order chi connectivity index (χ0) is 57.5. The molecule has 4 aromatic heterocycles. The van der Waals surface area contributed by atoms with Gasteiger partial charge in [0.15, 0.2) is 0 Å². The van der Waals surface area contributed by atoms with Gasteiger partial charge in [-0.25, -0.2) is 14.8 Å². The summed E-state index contributed by atoms with van der Waals surface area (Å²) in [6.07, 6.45) is 9.28. The number of likely N-dealkylation sites (tertiary alicyclic amines) is 1. The summed E-state index contributed by atoms with van der Waals surface area (Å²) >= 11 is 1.57. The minimum Gasteiger partial charge on any atom is -0.391 e. The normalized spacial score (nSPS) is 17.5. The van der Waals surface area contributed by atoms with Gasteiger partial charge in [0.05, 0.1) is 73.5 Å². The van der Waals surface area contributed by atoms with Crippen LogP contribution in [0.25, 0.3) is 21.6 Å². The quantitative estimate of drug-likeness (QED) is 0.0440.